The van der Waals surface area contributed by atoms with Crippen molar-refractivity contribution in [1.82, 2.24) is 15.0 Å². The number of hydrogen-bond acceptors (Lipinski definition) is 11. The Kier molecular flexibility index (Phi) is 6.48. The summed E-state index contributed by atoms with van der Waals surface area (Å²) in [6.07, 6.45) is 0. The fourth-order valence-electron chi connectivity index (χ4n) is 2.50. The molecule has 3 rings (SSSR count). The van der Waals surface area contributed by atoms with E-state index in [2.05, 4.69) is 25.0 Å². The minimum atomic E-state index is -0.967. The standard InChI is InChI=1S/C19H15FN6O6/c1-31-16(27)10-6-11(8-14(7-10)26(29)30)17(28)32-9-15-23-18(21)25-19(24-15)22-13-4-2-12(20)3-5-13/h2-8H,9H2,1H3,(H3,21,22,23,24,25). The summed E-state index contributed by atoms with van der Waals surface area (Å²) < 4.78 is 22.7. The number of hydrogen-bond donors (Lipinski definition) is 2. The van der Waals surface area contributed by atoms with Crippen molar-refractivity contribution in [3.8, 4) is 0 Å². The Morgan fingerprint density at radius 1 is 1.09 bits per heavy atom. The topological polar surface area (TPSA) is 172 Å². The molecule has 0 aliphatic rings. The second kappa shape index (κ2) is 9.42. The lowest BCUT2D eigenvalue weighted by atomic mass is 10.1. The van der Waals surface area contributed by atoms with E-state index in [1.165, 1.54) is 24.3 Å². The van der Waals surface area contributed by atoms with Gasteiger partial charge in [0.05, 0.1) is 23.2 Å². The molecule has 0 unspecified atom stereocenters. The van der Waals surface area contributed by atoms with Gasteiger partial charge in [-0.2, -0.15) is 15.0 Å². The van der Waals surface area contributed by atoms with Crippen LogP contribution in [0.4, 0.5) is 27.7 Å². The molecule has 0 saturated carbocycles. The van der Waals surface area contributed by atoms with Crippen LogP contribution in [0.2, 0.25) is 0 Å². The van der Waals surface area contributed by atoms with Gasteiger partial charge in [-0.1, -0.05) is 0 Å². The Morgan fingerprint density at radius 3 is 2.38 bits per heavy atom. The van der Waals surface area contributed by atoms with Crippen molar-refractivity contribution in [2.45, 2.75) is 6.61 Å². The first-order chi connectivity index (χ1) is 15.2. The van der Waals surface area contributed by atoms with Gasteiger partial charge < -0.3 is 20.5 Å². The van der Waals surface area contributed by atoms with Crippen LogP contribution in [0.3, 0.4) is 0 Å². The number of anilines is 3. The SMILES string of the molecule is COC(=O)c1cc(C(=O)OCc2nc(N)nc(Nc3ccc(F)cc3)n2)cc([N+](=O)[O-])c1. The third kappa shape index (κ3) is 5.47. The van der Waals surface area contributed by atoms with Gasteiger partial charge in [0.25, 0.3) is 5.69 Å². The van der Waals surface area contributed by atoms with E-state index < -0.39 is 35.0 Å². The summed E-state index contributed by atoms with van der Waals surface area (Å²) in [5, 5.41) is 13.9. The highest BCUT2D eigenvalue weighted by Gasteiger charge is 2.20. The van der Waals surface area contributed by atoms with Crippen LogP contribution in [0.5, 0.6) is 0 Å². The molecule has 0 amide bonds. The number of aromatic nitrogens is 3. The summed E-state index contributed by atoms with van der Waals surface area (Å²) in [7, 11) is 1.10. The second-order valence-corrected chi connectivity index (χ2v) is 6.16. The Hall–Kier alpha value is -4.68. The normalized spacial score (nSPS) is 10.3. The Balaban J connectivity index is 1.76. The maximum atomic E-state index is 13.0. The van der Waals surface area contributed by atoms with Crippen LogP contribution < -0.4 is 11.1 Å². The number of esters is 2. The van der Waals surface area contributed by atoms with E-state index in [0.717, 1.165) is 25.3 Å². The van der Waals surface area contributed by atoms with Gasteiger partial charge in [0.2, 0.25) is 11.9 Å². The second-order valence-electron chi connectivity index (χ2n) is 6.16. The number of carbonyl (C=O) groups excluding carboxylic acids is 2. The number of nitro benzene ring substituents is 1. The average molecular weight is 442 g/mol. The van der Waals surface area contributed by atoms with Gasteiger partial charge in [0, 0.05) is 17.8 Å². The Labute approximate surface area is 179 Å². The minimum absolute atomic E-state index is 0.0194. The summed E-state index contributed by atoms with van der Waals surface area (Å²) in [6.45, 7) is -0.445. The molecule has 1 heterocycles. The summed E-state index contributed by atoms with van der Waals surface area (Å²) in [5.41, 5.74) is 5.20. The largest absolute Gasteiger partial charge is 0.465 e. The number of ether oxygens (including phenoxy) is 2. The third-order valence-corrected chi connectivity index (χ3v) is 3.92. The van der Waals surface area contributed by atoms with Gasteiger partial charge in [0.1, 0.15) is 5.82 Å². The third-order valence-electron chi connectivity index (χ3n) is 3.92. The van der Waals surface area contributed by atoms with Gasteiger partial charge in [-0.15, -0.1) is 0 Å². The molecular formula is C19H15FN6O6. The maximum absolute atomic E-state index is 13.0. The number of benzene rings is 2. The lowest BCUT2D eigenvalue weighted by molar-refractivity contribution is -0.384. The molecule has 0 spiro atoms. The first kappa shape index (κ1) is 22.0. The number of non-ortho nitro benzene ring substituents is 1. The van der Waals surface area contributed by atoms with E-state index >= 15 is 0 Å². The number of nitrogens with one attached hydrogen (secondary N) is 1. The molecule has 2 aromatic carbocycles. The molecule has 13 heteroatoms. The number of rotatable bonds is 7. The average Bonchev–Trinajstić information content (AvgIpc) is 2.77. The van der Waals surface area contributed by atoms with Crippen molar-refractivity contribution >= 4 is 35.2 Å². The lowest BCUT2D eigenvalue weighted by Crippen LogP contribution is -2.12. The molecule has 3 N–H and O–H groups in total. The molecule has 0 saturated heterocycles. The highest BCUT2D eigenvalue weighted by molar-refractivity contribution is 5.96. The zero-order valence-electron chi connectivity index (χ0n) is 16.4. The Bertz CT molecular complexity index is 1190. The van der Waals surface area contributed by atoms with Crippen LogP contribution in [-0.4, -0.2) is 38.9 Å². The molecule has 0 bridgehead atoms. The van der Waals surface area contributed by atoms with E-state index in [4.69, 9.17) is 10.5 Å². The van der Waals surface area contributed by atoms with Crippen LogP contribution in [-0.2, 0) is 16.1 Å². The lowest BCUT2D eigenvalue weighted by Gasteiger charge is -2.09. The first-order valence-electron chi connectivity index (χ1n) is 8.83. The summed E-state index contributed by atoms with van der Waals surface area (Å²) in [5.74, 6) is -2.41. The fourth-order valence-corrected chi connectivity index (χ4v) is 2.50. The molecular weight excluding hydrogens is 427 g/mol. The summed E-state index contributed by atoms with van der Waals surface area (Å²) in [4.78, 5) is 46.3. The highest BCUT2D eigenvalue weighted by atomic mass is 19.1. The molecule has 0 aliphatic carbocycles. The Morgan fingerprint density at radius 2 is 1.75 bits per heavy atom. The minimum Gasteiger partial charge on any atom is -0.465 e. The van der Waals surface area contributed by atoms with Crippen molar-refractivity contribution < 1.29 is 28.4 Å². The van der Waals surface area contributed by atoms with Crippen LogP contribution >= 0.6 is 0 Å². The number of methoxy groups -OCH3 is 1. The quantitative estimate of drug-likeness (QED) is 0.312. The maximum Gasteiger partial charge on any atom is 0.338 e. The van der Waals surface area contributed by atoms with E-state index in [-0.39, 0.29) is 28.8 Å². The number of nitrogens with zero attached hydrogens (tertiary/aromatic N) is 4. The molecule has 0 radical (unpaired) electrons. The molecule has 0 fully saturated rings. The number of nitrogens with two attached hydrogens (primary N) is 1. The van der Waals surface area contributed by atoms with E-state index in [1.807, 2.05) is 0 Å². The number of halogens is 1. The fraction of sp³-hybridized carbons (Fsp3) is 0.105. The van der Waals surface area contributed by atoms with Crippen molar-refractivity contribution in [2.24, 2.45) is 0 Å². The first-order valence-corrected chi connectivity index (χ1v) is 8.83. The molecule has 1 aromatic heterocycles. The monoisotopic (exact) mass is 442 g/mol. The summed E-state index contributed by atoms with van der Waals surface area (Å²) in [6, 6.07) is 8.41. The van der Waals surface area contributed by atoms with Crippen LogP contribution in [0, 0.1) is 15.9 Å². The zero-order chi connectivity index (χ0) is 23.3. The number of carbonyl (C=O) groups is 2. The molecule has 32 heavy (non-hydrogen) atoms. The number of nitrogen functional groups attached to an aromatic ring is 1. The van der Waals surface area contributed by atoms with Gasteiger partial charge in [-0.3, -0.25) is 10.1 Å². The molecule has 12 nitrogen and oxygen atoms in total. The predicted molar refractivity (Wildman–Crippen MR) is 107 cm³/mol. The van der Waals surface area contributed by atoms with E-state index in [9.17, 15) is 24.1 Å². The van der Waals surface area contributed by atoms with Crippen molar-refractivity contribution in [3.05, 3.63) is 75.3 Å². The van der Waals surface area contributed by atoms with E-state index in [0.29, 0.717) is 5.69 Å². The highest BCUT2D eigenvalue weighted by Crippen LogP contribution is 2.20. The predicted octanol–water partition coefficient (Wildman–Crippen LogP) is 2.39. The molecule has 3 aromatic rings. The molecule has 164 valence electrons. The van der Waals surface area contributed by atoms with Gasteiger partial charge in [-0.25, -0.2) is 14.0 Å². The van der Waals surface area contributed by atoms with Crippen molar-refractivity contribution in [3.63, 3.8) is 0 Å². The van der Waals surface area contributed by atoms with Crippen LogP contribution in [0.15, 0.2) is 42.5 Å². The van der Waals surface area contributed by atoms with Gasteiger partial charge >= 0.3 is 11.9 Å². The van der Waals surface area contributed by atoms with Crippen molar-refractivity contribution in [2.75, 3.05) is 18.2 Å². The van der Waals surface area contributed by atoms with Crippen LogP contribution in [0.1, 0.15) is 26.5 Å². The van der Waals surface area contributed by atoms with Crippen LogP contribution in [0.25, 0.3) is 0 Å². The zero-order valence-corrected chi connectivity index (χ0v) is 16.4. The van der Waals surface area contributed by atoms with Gasteiger partial charge in [0.15, 0.2) is 12.4 Å². The summed E-state index contributed by atoms with van der Waals surface area (Å²) >= 11 is 0. The van der Waals surface area contributed by atoms with Crippen molar-refractivity contribution in [1.29, 1.82) is 0 Å². The smallest absolute Gasteiger partial charge is 0.338 e. The van der Waals surface area contributed by atoms with E-state index in [1.54, 1.807) is 0 Å². The number of nitro groups is 1. The van der Waals surface area contributed by atoms with Gasteiger partial charge in [-0.05, 0) is 30.3 Å². The molecule has 0 atom stereocenters. The molecule has 0 aliphatic heterocycles.